The molecule has 1 heterocycles. The lowest BCUT2D eigenvalue weighted by molar-refractivity contribution is 0.0235. The molecule has 2 N–H and O–H groups in total. The molecule has 4 nitrogen and oxygen atoms in total. The molecule has 2 aromatic carbocycles. The third kappa shape index (κ3) is 2.94. The fraction of sp³-hybridized carbons (Fsp3) is 0.286. The van der Waals surface area contributed by atoms with Crippen LogP contribution in [0.5, 0.6) is 0 Å². The third-order valence-electron chi connectivity index (χ3n) is 5.21. The van der Waals surface area contributed by atoms with Crippen molar-refractivity contribution in [2.75, 3.05) is 0 Å². The molecule has 25 heavy (non-hydrogen) atoms. The first-order valence-corrected chi connectivity index (χ1v) is 8.71. The summed E-state index contributed by atoms with van der Waals surface area (Å²) in [5, 5.41) is 13.9. The number of aromatic nitrogens is 1. The molecule has 4 rings (SSSR count). The van der Waals surface area contributed by atoms with Crippen molar-refractivity contribution in [1.29, 1.82) is 0 Å². The van der Waals surface area contributed by atoms with Crippen LogP contribution in [0, 0.1) is 5.92 Å². The molecule has 0 unspecified atom stereocenters. The Bertz CT molecular complexity index is 895. The summed E-state index contributed by atoms with van der Waals surface area (Å²) in [6.45, 7) is 0. The van der Waals surface area contributed by atoms with Crippen molar-refractivity contribution >= 4 is 16.8 Å². The number of aryl methyl sites for hydroxylation is 1. The molecule has 128 valence electrons. The number of aliphatic hydroxyl groups excluding tert-OH is 1. The average molecular weight is 334 g/mol. The summed E-state index contributed by atoms with van der Waals surface area (Å²) in [4.78, 5) is 13.0. The molecule has 1 amide bonds. The summed E-state index contributed by atoms with van der Waals surface area (Å²) < 4.78 is 1.98. The number of carbonyl (C=O) groups is 1. The molecule has 1 aromatic heterocycles. The van der Waals surface area contributed by atoms with Gasteiger partial charge in [-0.15, -0.1) is 0 Å². The highest BCUT2D eigenvalue weighted by Gasteiger charge is 2.36. The second-order valence-electron chi connectivity index (χ2n) is 6.92. The minimum absolute atomic E-state index is 0.0629. The maximum atomic E-state index is 13.0. The first-order valence-electron chi connectivity index (χ1n) is 8.71. The van der Waals surface area contributed by atoms with Crippen molar-refractivity contribution in [3.8, 4) is 0 Å². The molecule has 4 heteroatoms. The van der Waals surface area contributed by atoms with Gasteiger partial charge in [0.15, 0.2) is 0 Å². The zero-order chi connectivity index (χ0) is 17.4. The molecule has 0 bridgehead atoms. The van der Waals surface area contributed by atoms with Gasteiger partial charge in [0.1, 0.15) is 0 Å². The molecule has 0 spiro atoms. The molecule has 0 radical (unpaired) electrons. The topological polar surface area (TPSA) is 54.3 Å². The van der Waals surface area contributed by atoms with E-state index in [0.29, 0.717) is 5.56 Å². The second-order valence-corrected chi connectivity index (χ2v) is 6.92. The van der Waals surface area contributed by atoms with E-state index in [2.05, 4.69) is 5.32 Å². The molecule has 1 fully saturated rings. The Hall–Kier alpha value is -2.59. The molecule has 1 aliphatic carbocycles. The molecular weight excluding hydrogens is 312 g/mol. The number of hydrogen-bond donors (Lipinski definition) is 2. The molecule has 0 saturated heterocycles. The van der Waals surface area contributed by atoms with Gasteiger partial charge in [0.05, 0.1) is 17.7 Å². The van der Waals surface area contributed by atoms with E-state index in [-0.39, 0.29) is 24.0 Å². The van der Waals surface area contributed by atoms with Gasteiger partial charge in [-0.05, 0) is 30.4 Å². The number of benzene rings is 2. The maximum absolute atomic E-state index is 13.0. The fourth-order valence-electron chi connectivity index (χ4n) is 3.78. The summed E-state index contributed by atoms with van der Waals surface area (Å²) >= 11 is 0. The predicted octanol–water partition coefficient (Wildman–Crippen LogP) is 3.42. The highest BCUT2D eigenvalue weighted by molar-refractivity contribution is 6.07. The molecule has 1 saturated carbocycles. The first-order chi connectivity index (χ1) is 12.1. The largest absolute Gasteiger partial charge is 0.393 e. The number of hydrogen-bond acceptors (Lipinski definition) is 2. The summed E-state index contributed by atoms with van der Waals surface area (Å²) in [5.74, 6) is 0.211. The Morgan fingerprint density at radius 1 is 1.12 bits per heavy atom. The monoisotopic (exact) mass is 334 g/mol. The lowest BCUT2D eigenvalue weighted by Crippen LogP contribution is -2.41. The molecule has 0 aliphatic heterocycles. The van der Waals surface area contributed by atoms with Crippen LogP contribution in [0.15, 0.2) is 60.8 Å². The lowest BCUT2D eigenvalue weighted by atomic mass is 9.75. The van der Waals surface area contributed by atoms with E-state index >= 15 is 0 Å². The number of rotatable bonds is 4. The van der Waals surface area contributed by atoms with Gasteiger partial charge < -0.3 is 15.0 Å². The summed E-state index contributed by atoms with van der Waals surface area (Å²) in [6.07, 6.45) is 3.10. The van der Waals surface area contributed by atoms with E-state index < -0.39 is 0 Å². The van der Waals surface area contributed by atoms with Gasteiger partial charge in [0.25, 0.3) is 5.91 Å². The number of nitrogens with zero attached hydrogens (tertiary/aromatic N) is 1. The van der Waals surface area contributed by atoms with Crippen LogP contribution in [0.3, 0.4) is 0 Å². The lowest BCUT2D eigenvalue weighted by Gasteiger charge is -2.38. The minimum Gasteiger partial charge on any atom is -0.393 e. The van der Waals surface area contributed by atoms with Crippen LogP contribution >= 0.6 is 0 Å². The van der Waals surface area contributed by atoms with Crippen LogP contribution in [0.4, 0.5) is 0 Å². The quantitative estimate of drug-likeness (QED) is 0.768. The molecule has 1 atom stereocenters. The van der Waals surface area contributed by atoms with Gasteiger partial charge >= 0.3 is 0 Å². The van der Waals surface area contributed by atoms with Crippen LogP contribution < -0.4 is 5.32 Å². The normalized spacial score (nSPS) is 20.9. The van der Waals surface area contributed by atoms with Crippen LogP contribution in [-0.4, -0.2) is 21.7 Å². The highest BCUT2D eigenvalue weighted by atomic mass is 16.3. The molecular formula is C21H22N2O2. The van der Waals surface area contributed by atoms with E-state index in [1.807, 2.05) is 72.4 Å². The average Bonchev–Trinajstić information content (AvgIpc) is 2.95. The molecule has 3 aromatic rings. The van der Waals surface area contributed by atoms with Crippen molar-refractivity contribution in [2.24, 2.45) is 13.0 Å². The smallest absolute Gasteiger partial charge is 0.253 e. The minimum atomic E-state index is -0.245. The Labute approximate surface area is 147 Å². The Morgan fingerprint density at radius 2 is 1.80 bits per heavy atom. The predicted molar refractivity (Wildman–Crippen MR) is 98.3 cm³/mol. The Morgan fingerprint density at radius 3 is 2.52 bits per heavy atom. The van der Waals surface area contributed by atoms with Crippen molar-refractivity contribution in [3.05, 3.63) is 71.9 Å². The van der Waals surface area contributed by atoms with Crippen molar-refractivity contribution < 1.29 is 9.90 Å². The SMILES string of the molecule is Cn1cc(C(=O)N[C@@H](c2ccccc2)C2CC(O)C2)c2ccccc21. The van der Waals surface area contributed by atoms with Crippen LogP contribution in [-0.2, 0) is 7.05 Å². The van der Waals surface area contributed by atoms with E-state index in [9.17, 15) is 9.90 Å². The third-order valence-corrected chi connectivity index (χ3v) is 5.21. The number of nitrogens with one attached hydrogen (secondary N) is 1. The molecule has 1 aliphatic rings. The van der Waals surface area contributed by atoms with Gasteiger partial charge in [-0.25, -0.2) is 0 Å². The number of amides is 1. The Kier molecular flexibility index (Phi) is 4.06. The Balaban J connectivity index is 1.64. The number of para-hydroxylation sites is 1. The van der Waals surface area contributed by atoms with E-state index in [4.69, 9.17) is 0 Å². The van der Waals surface area contributed by atoms with Gasteiger partial charge in [-0.1, -0.05) is 48.5 Å². The van der Waals surface area contributed by atoms with Gasteiger partial charge in [0.2, 0.25) is 0 Å². The van der Waals surface area contributed by atoms with Gasteiger partial charge in [-0.2, -0.15) is 0 Å². The van der Waals surface area contributed by atoms with E-state index in [1.54, 1.807) is 0 Å². The second kappa shape index (κ2) is 6.37. The standard InChI is InChI=1S/C21H22N2O2/c1-23-13-18(17-9-5-6-10-19(17)23)21(25)22-20(15-11-16(24)12-15)14-7-3-2-4-8-14/h2-10,13,15-16,20,24H,11-12H2,1H3,(H,22,25)/t15?,16?,20-/m0/s1. The highest BCUT2D eigenvalue weighted by Crippen LogP contribution is 2.38. The summed E-state index contributed by atoms with van der Waals surface area (Å²) in [7, 11) is 1.95. The zero-order valence-corrected chi connectivity index (χ0v) is 14.2. The zero-order valence-electron chi connectivity index (χ0n) is 14.2. The number of fused-ring (bicyclic) bond motifs is 1. The van der Waals surface area contributed by atoms with Gasteiger partial charge in [0, 0.05) is 24.1 Å². The van der Waals surface area contributed by atoms with Crippen LogP contribution in [0.25, 0.3) is 10.9 Å². The maximum Gasteiger partial charge on any atom is 0.253 e. The van der Waals surface area contributed by atoms with Crippen molar-refractivity contribution in [1.82, 2.24) is 9.88 Å². The first kappa shape index (κ1) is 15.9. The summed E-state index contributed by atoms with van der Waals surface area (Å²) in [6, 6.07) is 17.9. The van der Waals surface area contributed by atoms with Crippen LogP contribution in [0.1, 0.15) is 34.8 Å². The van der Waals surface area contributed by atoms with Crippen molar-refractivity contribution in [3.63, 3.8) is 0 Å². The van der Waals surface area contributed by atoms with E-state index in [1.165, 1.54) is 0 Å². The van der Waals surface area contributed by atoms with Crippen molar-refractivity contribution in [2.45, 2.75) is 25.0 Å². The summed E-state index contributed by atoms with van der Waals surface area (Å²) in [5.41, 5.74) is 2.83. The van der Waals surface area contributed by atoms with Gasteiger partial charge in [-0.3, -0.25) is 4.79 Å². The fourth-order valence-corrected chi connectivity index (χ4v) is 3.78. The number of carbonyl (C=O) groups excluding carboxylic acids is 1. The number of aliphatic hydroxyl groups is 1. The van der Waals surface area contributed by atoms with Crippen LogP contribution in [0.2, 0.25) is 0 Å². The van der Waals surface area contributed by atoms with E-state index in [0.717, 1.165) is 29.3 Å².